The molecule has 346 valence electrons. The fraction of sp³-hybridized carbons (Fsp3) is 0.679. The van der Waals surface area contributed by atoms with Crippen LogP contribution in [0.15, 0.2) is 66.8 Å². The normalized spacial score (nSPS) is 11.8. The molecule has 0 radical (unpaired) electrons. The van der Waals surface area contributed by atoms with Crippen molar-refractivity contribution in [3.8, 4) is 0 Å². The summed E-state index contributed by atoms with van der Waals surface area (Å²) in [5, 5.41) is 0. The lowest BCUT2D eigenvalue weighted by atomic mass is 10.1. The minimum atomic E-state index is -0.723. The Balaban J connectivity index is 2.48. The van der Waals surface area contributed by atoms with Gasteiger partial charge < -0.3 is 23.8 Å². The second-order valence-electron chi connectivity index (χ2n) is 16.2. The van der Waals surface area contributed by atoms with E-state index in [4.69, 9.17) is 18.9 Å². The van der Waals surface area contributed by atoms with Crippen molar-refractivity contribution >= 4 is 18.1 Å². The molecule has 0 unspecified atom stereocenters. The van der Waals surface area contributed by atoms with Crippen LogP contribution in [0.25, 0.3) is 0 Å². The quantitative estimate of drug-likeness (QED) is 0.0279. The van der Waals surface area contributed by atoms with Gasteiger partial charge in [-0.3, -0.25) is 9.59 Å². The van der Waals surface area contributed by atoms with Crippen LogP contribution in [0.3, 0.4) is 0 Å². The zero-order valence-electron chi connectivity index (χ0n) is 39.3. The van der Waals surface area contributed by atoms with Gasteiger partial charge in [-0.15, -0.1) is 0 Å². The topological polar surface area (TPSA) is 91.4 Å². The van der Waals surface area contributed by atoms with Crippen LogP contribution >= 0.6 is 0 Å². The lowest BCUT2D eigenvalue weighted by Crippen LogP contribution is -2.25. The zero-order valence-corrected chi connectivity index (χ0v) is 39.3. The van der Waals surface area contributed by atoms with Crippen LogP contribution in [0.5, 0.6) is 0 Å². The largest absolute Gasteiger partial charge is 0.508 e. The van der Waals surface area contributed by atoms with E-state index in [1.54, 1.807) is 0 Å². The maximum atomic E-state index is 12.6. The maximum Gasteiger partial charge on any atom is 0.508 e. The van der Waals surface area contributed by atoms with E-state index < -0.39 is 6.16 Å². The summed E-state index contributed by atoms with van der Waals surface area (Å²) in [6.07, 6.45) is 43.8. The standard InChI is InChI=1S/C53H87NO7/c1-5-9-11-13-15-17-19-21-23-25-27-29-31-33-35-38-51(55)59-45-48-42-49(44-50(43-48)47-61-53(57)58-41-37-40-54(7-3)8-4)46-60-52(56)39-36-34-32-30-28-26-24-22-20-18-16-14-12-10-6-2/h15-18,21-24,42-44H,5-14,19-20,25-41,45-47H2,1-4H3/b17-15-,18-16-,23-21-,24-22-. The highest BCUT2D eigenvalue weighted by atomic mass is 16.7. The Kier molecular flexibility index (Phi) is 37.8. The minimum Gasteiger partial charge on any atom is -0.461 e. The predicted molar refractivity (Wildman–Crippen MR) is 253 cm³/mol. The summed E-state index contributed by atoms with van der Waals surface area (Å²) in [4.78, 5) is 39.9. The minimum absolute atomic E-state index is 0.00442. The summed E-state index contributed by atoms with van der Waals surface area (Å²) in [5.41, 5.74) is 2.21. The first-order valence-corrected chi connectivity index (χ1v) is 24.5. The van der Waals surface area contributed by atoms with Crippen LogP contribution in [0.2, 0.25) is 0 Å². The Bertz CT molecular complexity index is 1270. The number of allylic oxidation sites excluding steroid dienone is 8. The van der Waals surface area contributed by atoms with Crippen LogP contribution in [0, 0.1) is 0 Å². The van der Waals surface area contributed by atoms with Gasteiger partial charge in [0, 0.05) is 19.4 Å². The molecular weight excluding hydrogens is 763 g/mol. The van der Waals surface area contributed by atoms with Gasteiger partial charge in [-0.25, -0.2) is 4.79 Å². The van der Waals surface area contributed by atoms with Crippen LogP contribution in [-0.2, 0) is 48.4 Å². The zero-order chi connectivity index (χ0) is 44.3. The van der Waals surface area contributed by atoms with E-state index in [0.717, 1.165) is 114 Å². The molecule has 0 aliphatic carbocycles. The lowest BCUT2D eigenvalue weighted by molar-refractivity contribution is -0.145. The van der Waals surface area contributed by atoms with Crippen LogP contribution in [-0.4, -0.2) is 49.2 Å². The van der Waals surface area contributed by atoms with Gasteiger partial charge in [-0.1, -0.05) is 141 Å². The summed E-state index contributed by atoms with van der Waals surface area (Å²) in [7, 11) is 0. The summed E-state index contributed by atoms with van der Waals surface area (Å²) < 4.78 is 22.0. The smallest absolute Gasteiger partial charge is 0.461 e. The Labute approximate surface area is 373 Å². The average Bonchev–Trinajstić information content (AvgIpc) is 3.26. The second kappa shape index (κ2) is 41.7. The van der Waals surface area contributed by atoms with E-state index in [9.17, 15) is 14.4 Å². The first kappa shape index (κ1) is 55.4. The highest BCUT2D eigenvalue weighted by Crippen LogP contribution is 2.17. The van der Waals surface area contributed by atoms with E-state index >= 15 is 0 Å². The number of rotatable bonds is 40. The monoisotopic (exact) mass is 850 g/mol. The van der Waals surface area contributed by atoms with Gasteiger partial charge in [0.05, 0.1) is 6.61 Å². The van der Waals surface area contributed by atoms with Gasteiger partial charge in [-0.2, -0.15) is 0 Å². The van der Waals surface area contributed by atoms with Crippen molar-refractivity contribution in [2.45, 2.75) is 208 Å². The first-order valence-electron chi connectivity index (χ1n) is 24.5. The molecule has 1 rings (SSSR count). The van der Waals surface area contributed by atoms with Crippen LogP contribution < -0.4 is 0 Å². The summed E-state index contributed by atoms with van der Waals surface area (Å²) in [5.74, 6) is -0.461. The molecule has 0 amide bonds. The summed E-state index contributed by atoms with van der Waals surface area (Å²) >= 11 is 0. The fourth-order valence-corrected chi connectivity index (χ4v) is 6.89. The third-order valence-corrected chi connectivity index (χ3v) is 10.7. The van der Waals surface area contributed by atoms with Crippen molar-refractivity contribution in [3.05, 3.63) is 83.5 Å². The third kappa shape index (κ3) is 35.6. The SMILES string of the molecule is CCCCC/C=C\C/C=C\CCCCCCCC(=O)OCc1cc(COC(=O)CCCCCCC/C=C\C/C=C\CCCCC)cc(COC(=O)OCCCN(CC)CC)c1. The molecule has 0 saturated heterocycles. The van der Waals surface area contributed by atoms with E-state index in [1.165, 1.54) is 64.2 Å². The van der Waals surface area contributed by atoms with Crippen molar-refractivity contribution in [2.24, 2.45) is 0 Å². The molecule has 0 atom stereocenters. The Morgan fingerprint density at radius 1 is 0.443 bits per heavy atom. The molecule has 0 spiro atoms. The van der Waals surface area contributed by atoms with Crippen molar-refractivity contribution in [3.63, 3.8) is 0 Å². The lowest BCUT2D eigenvalue weighted by Gasteiger charge is -2.17. The number of unbranched alkanes of at least 4 members (excludes halogenated alkanes) is 16. The molecule has 0 aromatic heterocycles. The molecule has 0 N–H and O–H groups in total. The van der Waals surface area contributed by atoms with Gasteiger partial charge in [0.25, 0.3) is 0 Å². The number of hydrogen-bond acceptors (Lipinski definition) is 8. The van der Waals surface area contributed by atoms with E-state index in [2.05, 4.69) is 81.2 Å². The number of hydrogen-bond donors (Lipinski definition) is 0. The Morgan fingerprint density at radius 2 is 0.820 bits per heavy atom. The molecule has 8 nitrogen and oxygen atoms in total. The van der Waals surface area contributed by atoms with Crippen molar-refractivity contribution in [2.75, 3.05) is 26.2 Å². The van der Waals surface area contributed by atoms with Gasteiger partial charge in [0.1, 0.15) is 19.8 Å². The molecule has 8 heteroatoms. The first-order chi connectivity index (χ1) is 29.9. The number of ether oxygens (including phenoxy) is 4. The van der Waals surface area contributed by atoms with Crippen LogP contribution in [0.1, 0.15) is 205 Å². The van der Waals surface area contributed by atoms with Gasteiger partial charge in [0.15, 0.2) is 0 Å². The molecule has 0 fully saturated rings. The van der Waals surface area contributed by atoms with E-state index in [0.29, 0.717) is 18.4 Å². The number of carbonyl (C=O) groups excluding carboxylic acids is 3. The van der Waals surface area contributed by atoms with E-state index in [1.807, 2.05) is 18.2 Å². The molecule has 0 bridgehead atoms. The fourth-order valence-electron chi connectivity index (χ4n) is 6.89. The van der Waals surface area contributed by atoms with Gasteiger partial charge >= 0.3 is 18.1 Å². The highest BCUT2D eigenvalue weighted by molar-refractivity contribution is 5.69. The molecule has 0 aliphatic rings. The van der Waals surface area contributed by atoms with Crippen molar-refractivity contribution in [1.29, 1.82) is 0 Å². The average molecular weight is 850 g/mol. The molecule has 0 saturated carbocycles. The van der Waals surface area contributed by atoms with E-state index in [-0.39, 0.29) is 38.4 Å². The number of esters is 2. The Hall–Kier alpha value is -3.65. The van der Waals surface area contributed by atoms with Crippen molar-refractivity contribution < 1.29 is 33.3 Å². The predicted octanol–water partition coefficient (Wildman–Crippen LogP) is 14.8. The van der Waals surface area contributed by atoms with Gasteiger partial charge in [-0.05, 0) is 131 Å². The molecule has 0 heterocycles. The number of nitrogens with zero attached hydrogens (tertiary/aromatic N) is 1. The summed E-state index contributed by atoms with van der Waals surface area (Å²) in [6.45, 7) is 11.9. The molecule has 61 heavy (non-hydrogen) atoms. The number of benzene rings is 1. The maximum absolute atomic E-state index is 12.6. The highest BCUT2D eigenvalue weighted by Gasteiger charge is 2.11. The van der Waals surface area contributed by atoms with Crippen molar-refractivity contribution in [1.82, 2.24) is 4.90 Å². The third-order valence-electron chi connectivity index (χ3n) is 10.7. The van der Waals surface area contributed by atoms with Crippen LogP contribution in [0.4, 0.5) is 4.79 Å². The van der Waals surface area contributed by atoms with Gasteiger partial charge in [0.2, 0.25) is 0 Å². The molecule has 1 aromatic rings. The summed E-state index contributed by atoms with van der Waals surface area (Å²) in [6, 6.07) is 5.59. The molecule has 1 aromatic carbocycles. The molecule has 0 aliphatic heterocycles. The second-order valence-corrected chi connectivity index (χ2v) is 16.2. The molecular formula is C53H87NO7. The Morgan fingerprint density at radius 3 is 1.23 bits per heavy atom. The number of carbonyl (C=O) groups is 3.